The first-order chi connectivity index (χ1) is 33.4. The lowest BCUT2D eigenvalue weighted by atomic mass is 10.0. The zero-order valence-corrected chi connectivity index (χ0v) is 46.6. The Balaban J connectivity index is 4.23. The maximum atomic E-state index is 12.9. The fourth-order valence-corrected chi connectivity index (χ4v) is 9.63. The van der Waals surface area contributed by atoms with Gasteiger partial charge in [0.1, 0.15) is 13.2 Å². The lowest BCUT2D eigenvalue weighted by Crippen LogP contribution is -2.30. The van der Waals surface area contributed by atoms with Crippen LogP contribution in [0.5, 0.6) is 0 Å². The molecule has 0 aliphatic heterocycles. The van der Waals surface area contributed by atoms with Crippen LogP contribution >= 0.6 is 0 Å². The standard InChI is InChI=1S/C62H120O6/c1-5-7-9-11-13-15-17-19-20-23-28-31-35-39-43-47-51-55-62(65)68-59(56-66-60(63)53-49-45-41-37-33-18-16-14-12-10-8-6-2)57-67-61(64)54-50-46-42-38-34-30-27-25-22-21-24-26-29-32-36-40-44-48-52-58(3)4/h58-59H,5-57H2,1-4H3/t59-/m0/s1. The molecule has 0 spiro atoms. The van der Waals surface area contributed by atoms with Gasteiger partial charge < -0.3 is 14.2 Å². The SMILES string of the molecule is CCCCCCCCCCCCCCCCCCCC(=O)O[C@@H](COC(=O)CCCCCCCCCCCCCC)COC(=O)CCCCCCCCCCCCCCCCCCCCC(C)C. The number of carbonyl (C=O) groups excluding carboxylic acids is 3. The molecule has 0 heterocycles. The second-order valence-corrected chi connectivity index (χ2v) is 21.8. The molecule has 0 aliphatic carbocycles. The molecule has 0 radical (unpaired) electrons. The highest BCUT2D eigenvalue weighted by atomic mass is 16.6. The molecule has 0 rings (SSSR count). The minimum Gasteiger partial charge on any atom is -0.462 e. The highest BCUT2D eigenvalue weighted by Gasteiger charge is 2.19. The Kier molecular flexibility index (Phi) is 55.0. The Bertz CT molecular complexity index is 1030. The molecule has 0 aromatic heterocycles. The minimum absolute atomic E-state index is 0.0613. The van der Waals surface area contributed by atoms with Gasteiger partial charge in [-0.1, -0.05) is 317 Å². The van der Waals surface area contributed by atoms with Crippen molar-refractivity contribution in [3.8, 4) is 0 Å². The molecule has 0 aromatic rings. The van der Waals surface area contributed by atoms with Gasteiger partial charge in [0.05, 0.1) is 0 Å². The molecule has 0 saturated heterocycles. The normalized spacial score (nSPS) is 12.0. The summed E-state index contributed by atoms with van der Waals surface area (Å²) in [5.74, 6) is 0.0285. The maximum Gasteiger partial charge on any atom is 0.306 e. The van der Waals surface area contributed by atoms with Gasteiger partial charge >= 0.3 is 17.9 Å². The summed E-state index contributed by atoms with van der Waals surface area (Å²) < 4.78 is 16.9. The summed E-state index contributed by atoms with van der Waals surface area (Å²) in [5.41, 5.74) is 0. The Morgan fingerprint density at radius 2 is 0.485 bits per heavy atom. The van der Waals surface area contributed by atoms with Crippen molar-refractivity contribution < 1.29 is 28.6 Å². The fraction of sp³-hybridized carbons (Fsp3) is 0.952. The van der Waals surface area contributed by atoms with Gasteiger partial charge in [0.2, 0.25) is 0 Å². The average molecular weight is 962 g/mol. The number of hydrogen-bond acceptors (Lipinski definition) is 6. The minimum atomic E-state index is -0.762. The quantitative estimate of drug-likeness (QED) is 0.0343. The van der Waals surface area contributed by atoms with Crippen molar-refractivity contribution in [3.63, 3.8) is 0 Å². The Morgan fingerprint density at radius 1 is 0.279 bits per heavy atom. The topological polar surface area (TPSA) is 78.9 Å². The first kappa shape index (κ1) is 66.4. The third-order valence-electron chi connectivity index (χ3n) is 14.3. The Morgan fingerprint density at radius 3 is 0.721 bits per heavy atom. The van der Waals surface area contributed by atoms with Gasteiger partial charge in [-0.3, -0.25) is 14.4 Å². The molecule has 0 bridgehead atoms. The van der Waals surface area contributed by atoms with Crippen molar-refractivity contribution in [2.45, 2.75) is 361 Å². The summed E-state index contributed by atoms with van der Waals surface area (Å²) in [6, 6.07) is 0. The van der Waals surface area contributed by atoms with Crippen molar-refractivity contribution in [2.75, 3.05) is 13.2 Å². The first-order valence-corrected chi connectivity index (χ1v) is 30.9. The molecule has 1 atom stereocenters. The van der Waals surface area contributed by atoms with E-state index < -0.39 is 6.10 Å². The van der Waals surface area contributed by atoms with E-state index in [0.717, 1.165) is 63.7 Å². The molecule has 0 amide bonds. The van der Waals surface area contributed by atoms with Gasteiger partial charge in [-0.05, 0) is 25.2 Å². The van der Waals surface area contributed by atoms with E-state index >= 15 is 0 Å². The molecule has 0 fully saturated rings. The predicted molar refractivity (Wildman–Crippen MR) is 293 cm³/mol. The molecule has 0 aromatic carbocycles. The molecule has 0 unspecified atom stereocenters. The molecule has 0 N–H and O–H groups in total. The van der Waals surface area contributed by atoms with Crippen molar-refractivity contribution in [3.05, 3.63) is 0 Å². The van der Waals surface area contributed by atoms with E-state index in [2.05, 4.69) is 27.7 Å². The van der Waals surface area contributed by atoms with E-state index in [1.165, 1.54) is 250 Å². The first-order valence-electron chi connectivity index (χ1n) is 30.9. The van der Waals surface area contributed by atoms with Crippen LogP contribution in [-0.4, -0.2) is 37.2 Å². The zero-order chi connectivity index (χ0) is 49.5. The third-order valence-corrected chi connectivity index (χ3v) is 14.3. The van der Waals surface area contributed by atoms with Crippen LogP contribution in [0.4, 0.5) is 0 Å². The van der Waals surface area contributed by atoms with Crippen LogP contribution < -0.4 is 0 Å². The number of hydrogen-bond donors (Lipinski definition) is 0. The van der Waals surface area contributed by atoms with Crippen LogP contribution in [-0.2, 0) is 28.6 Å². The molecule has 68 heavy (non-hydrogen) atoms. The van der Waals surface area contributed by atoms with E-state index in [9.17, 15) is 14.4 Å². The summed E-state index contributed by atoms with van der Waals surface area (Å²) in [6.45, 7) is 9.09. The smallest absolute Gasteiger partial charge is 0.306 e. The van der Waals surface area contributed by atoms with Crippen LogP contribution in [0.15, 0.2) is 0 Å². The Labute approximate surface area is 425 Å². The number of ether oxygens (including phenoxy) is 3. The summed E-state index contributed by atoms with van der Waals surface area (Å²) in [7, 11) is 0. The number of unbranched alkanes of at least 4 members (excludes halogenated alkanes) is 44. The van der Waals surface area contributed by atoms with Gasteiger partial charge in [0.25, 0.3) is 0 Å². The molecule has 0 aliphatic rings. The van der Waals surface area contributed by atoms with Gasteiger partial charge in [-0.25, -0.2) is 0 Å². The molecule has 6 heteroatoms. The zero-order valence-electron chi connectivity index (χ0n) is 46.6. The second-order valence-electron chi connectivity index (χ2n) is 21.8. The van der Waals surface area contributed by atoms with Gasteiger partial charge in [-0.2, -0.15) is 0 Å². The second kappa shape index (κ2) is 56.3. The monoisotopic (exact) mass is 961 g/mol. The van der Waals surface area contributed by atoms with E-state index in [1.807, 2.05) is 0 Å². The van der Waals surface area contributed by atoms with Crippen molar-refractivity contribution >= 4 is 17.9 Å². The van der Waals surface area contributed by atoms with Crippen molar-refractivity contribution in [1.82, 2.24) is 0 Å². The summed E-state index contributed by atoms with van der Waals surface area (Å²) in [4.78, 5) is 38.2. The molecular formula is C62H120O6. The lowest BCUT2D eigenvalue weighted by Gasteiger charge is -2.18. The molecule has 404 valence electrons. The van der Waals surface area contributed by atoms with E-state index in [4.69, 9.17) is 14.2 Å². The van der Waals surface area contributed by atoms with Crippen LogP contribution in [0.25, 0.3) is 0 Å². The Hall–Kier alpha value is -1.59. The van der Waals surface area contributed by atoms with Gasteiger partial charge in [0.15, 0.2) is 6.10 Å². The maximum absolute atomic E-state index is 12.9. The lowest BCUT2D eigenvalue weighted by molar-refractivity contribution is -0.167. The fourth-order valence-electron chi connectivity index (χ4n) is 9.63. The van der Waals surface area contributed by atoms with Crippen molar-refractivity contribution in [2.24, 2.45) is 5.92 Å². The average Bonchev–Trinajstić information content (AvgIpc) is 3.32. The number of rotatable bonds is 57. The summed E-state index contributed by atoms with van der Waals surface area (Å²) in [6.07, 6.45) is 62.4. The van der Waals surface area contributed by atoms with Crippen molar-refractivity contribution in [1.29, 1.82) is 0 Å². The highest BCUT2D eigenvalue weighted by Crippen LogP contribution is 2.18. The highest BCUT2D eigenvalue weighted by molar-refractivity contribution is 5.71. The number of carbonyl (C=O) groups is 3. The van der Waals surface area contributed by atoms with E-state index in [-0.39, 0.29) is 31.1 Å². The third kappa shape index (κ3) is 55.3. The molecule has 0 saturated carbocycles. The van der Waals surface area contributed by atoms with E-state index in [1.54, 1.807) is 0 Å². The predicted octanol–water partition coefficient (Wildman–Crippen LogP) is 20.6. The molecule has 6 nitrogen and oxygen atoms in total. The largest absolute Gasteiger partial charge is 0.462 e. The number of esters is 3. The van der Waals surface area contributed by atoms with Crippen LogP contribution in [0.1, 0.15) is 355 Å². The van der Waals surface area contributed by atoms with Gasteiger partial charge in [0, 0.05) is 19.3 Å². The van der Waals surface area contributed by atoms with Crippen LogP contribution in [0.2, 0.25) is 0 Å². The molecular weight excluding hydrogens is 841 g/mol. The summed E-state index contributed by atoms with van der Waals surface area (Å²) >= 11 is 0. The van der Waals surface area contributed by atoms with E-state index in [0.29, 0.717) is 19.3 Å². The van der Waals surface area contributed by atoms with Gasteiger partial charge in [-0.15, -0.1) is 0 Å². The van der Waals surface area contributed by atoms with Crippen LogP contribution in [0.3, 0.4) is 0 Å². The van der Waals surface area contributed by atoms with Crippen LogP contribution in [0, 0.1) is 5.92 Å². The summed E-state index contributed by atoms with van der Waals surface area (Å²) in [5, 5.41) is 0.